The van der Waals surface area contributed by atoms with Gasteiger partial charge in [0.1, 0.15) is 3.70 Å². The van der Waals surface area contributed by atoms with E-state index in [0.29, 0.717) is 23.9 Å². The van der Waals surface area contributed by atoms with E-state index in [4.69, 9.17) is 0 Å². The van der Waals surface area contributed by atoms with E-state index in [-0.39, 0.29) is 0 Å². The summed E-state index contributed by atoms with van der Waals surface area (Å²) in [7, 11) is -3.51. The molecule has 1 aliphatic rings. The average molecular weight is 391 g/mol. The largest absolute Gasteiger partial charge is 0.271 e. The molecule has 1 aliphatic carbocycles. The number of benzene rings is 1. The van der Waals surface area contributed by atoms with Crippen molar-refractivity contribution in [2.45, 2.75) is 18.1 Å². The molecule has 19 heavy (non-hydrogen) atoms. The van der Waals surface area contributed by atoms with Gasteiger partial charge >= 0.3 is 0 Å². The Morgan fingerprint density at radius 3 is 2.84 bits per heavy atom. The van der Waals surface area contributed by atoms with Crippen LogP contribution in [-0.2, 0) is 10.0 Å². The van der Waals surface area contributed by atoms with Crippen LogP contribution < -0.4 is 4.72 Å². The summed E-state index contributed by atoms with van der Waals surface area (Å²) in [5.74, 6) is -0.605. The van der Waals surface area contributed by atoms with Gasteiger partial charge in [-0.05, 0) is 53.6 Å². The lowest BCUT2D eigenvalue weighted by molar-refractivity contribution is 0.0981. The first kappa shape index (κ1) is 12.9. The predicted molar refractivity (Wildman–Crippen MR) is 78.2 cm³/mol. The maximum atomic E-state index is 11.9. The van der Waals surface area contributed by atoms with Gasteiger partial charge in [0.25, 0.3) is 5.91 Å². The number of nitrogens with zero attached hydrogens (tertiary/aromatic N) is 1. The zero-order chi connectivity index (χ0) is 13.6. The maximum absolute atomic E-state index is 11.9. The fraction of sp³-hybridized carbons (Fsp3) is 0.273. The van der Waals surface area contributed by atoms with Crippen molar-refractivity contribution in [3.05, 3.63) is 27.5 Å². The van der Waals surface area contributed by atoms with Crippen molar-refractivity contribution in [2.75, 3.05) is 0 Å². The smallest absolute Gasteiger partial charge is 0.264 e. The second-order valence-electron chi connectivity index (χ2n) is 4.45. The zero-order valence-electron chi connectivity index (χ0n) is 9.68. The summed E-state index contributed by atoms with van der Waals surface area (Å²) in [6.07, 6.45) is 1.25. The molecule has 3 rings (SSSR count). The van der Waals surface area contributed by atoms with Gasteiger partial charge in [-0.25, -0.2) is 13.1 Å². The van der Waals surface area contributed by atoms with Gasteiger partial charge in [0.2, 0.25) is 10.0 Å². The van der Waals surface area contributed by atoms with Crippen molar-refractivity contribution in [1.29, 1.82) is 0 Å². The van der Waals surface area contributed by atoms with E-state index in [1.165, 1.54) is 0 Å². The highest BCUT2D eigenvalue weighted by molar-refractivity contribution is 14.1. The van der Waals surface area contributed by atoms with E-state index < -0.39 is 21.2 Å². The lowest BCUT2D eigenvalue weighted by atomic mass is 10.1. The van der Waals surface area contributed by atoms with Crippen molar-refractivity contribution >= 4 is 49.4 Å². The van der Waals surface area contributed by atoms with E-state index in [1.54, 1.807) is 18.2 Å². The molecule has 0 spiro atoms. The molecule has 0 saturated heterocycles. The second-order valence-corrected chi connectivity index (χ2v) is 7.48. The molecule has 0 radical (unpaired) electrons. The third-order valence-electron chi connectivity index (χ3n) is 2.97. The van der Waals surface area contributed by atoms with Gasteiger partial charge < -0.3 is 0 Å². The van der Waals surface area contributed by atoms with E-state index in [0.717, 1.165) is 9.09 Å². The van der Waals surface area contributed by atoms with Crippen LogP contribution in [0.5, 0.6) is 0 Å². The monoisotopic (exact) mass is 391 g/mol. The van der Waals surface area contributed by atoms with Crippen LogP contribution in [0.2, 0.25) is 0 Å². The topological polar surface area (TPSA) is 91.9 Å². The number of hydrogen-bond donors (Lipinski definition) is 2. The van der Waals surface area contributed by atoms with E-state index in [2.05, 4.69) is 37.5 Å². The summed E-state index contributed by atoms with van der Waals surface area (Å²) < 4.78 is 26.4. The molecular formula is C11H10IN3O3S. The van der Waals surface area contributed by atoms with Gasteiger partial charge in [-0.2, -0.15) is 5.10 Å². The highest BCUT2D eigenvalue weighted by Gasteiger charge is 2.36. The van der Waals surface area contributed by atoms with Gasteiger partial charge in [-0.15, -0.1) is 0 Å². The highest BCUT2D eigenvalue weighted by Crippen LogP contribution is 2.27. The molecule has 1 fully saturated rings. The fourth-order valence-electron chi connectivity index (χ4n) is 1.77. The highest BCUT2D eigenvalue weighted by atomic mass is 127. The Balaban J connectivity index is 1.89. The number of carbonyl (C=O) groups is 1. The molecule has 0 bridgehead atoms. The molecule has 1 aromatic heterocycles. The first-order valence-electron chi connectivity index (χ1n) is 5.67. The molecular weight excluding hydrogens is 381 g/mol. The molecule has 1 aromatic carbocycles. The van der Waals surface area contributed by atoms with Crippen molar-refractivity contribution in [3.63, 3.8) is 0 Å². The second kappa shape index (κ2) is 4.44. The van der Waals surface area contributed by atoms with Crippen molar-refractivity contribution < 1.29 is 13.2 Å². The quantitative estimate of drug-likeness (QED) is 0.774. The number of amides is 1. The van der Waals surface area contributed by atoms with Crippen LogP contribution in [0.3, 0.4) is 0 Å². The molecule has 2 aromatic rings. The number of hydrogen-bond acceptors (Lipinski definition) is 4. The molecule has 8 heteroatoms. The molecule has 1 heterocycles. The number of nitrogens with one attached hydrogen (secondary N) is 2. The van der Waals surface area contributed by atoms with Gasteiger partial charge in [0, 0.05) is 10.9 Å². The number of fused-ring (bicyclic) bond motifs is 1. The number of aromatic nitrogens is 2. The van der Waals surface area contributed by atoms with Crippen LogP contribution in [0.1, 0.15) is 23.2 Å². The maximum Gasteiger partial charge on any atom is 0.264 e. The normalized spacial score (nSPS) is 15.6. The molecule has 100 valence electrons. The fourth-order valence-corrected chi connectivity index (χ4v) is 3.65. The Hall–Kier alpha value is -1.16. The van der Waals surface area contributed by atoms with Crippen molar-refractivity contribution in [2.24, 2.45) is 0 Å². The summed E-state index contributed by atoms with van der Waals surface area (Å²) in [6, 6.07) is 4.92. The summed E-state index contributed by atoms with van der Waals surface area (Å²) in [6.45, 7) is 0. The van der Waals surface area contributed by atoms with Crippen molar-refractivity contribution in [1.82, 2.24) is 14.9 Å². The lowest BCUT2D eigenvalue weighted by Gasteiger charge is -2.05. The van der Waals surface area contributed by atoms with Crippen LogP contribution >= 0.6 is 22.6 Å². The van der Waals surface area contributed by atoms with Crippen LogP contribution in [0.15, 0.2) is 18.2 Å². The Labute approximate surface area is 123 Å². The van der Waals surface area contributed by atoms with E-state index >= 15 is 0 Å². The molecule has 0 atom stereocenters. The van der Waals surface area contributed by atoms with E-state index in [9.17, 15) is 13.2 Å². The summed E-state index contributed by atoms with van der Waals surface area (Å²) in [5.41, 5.74) is 0.931. The van der Waals surface area contributed by atoms with Crippen LogP contribution in [0, 0.1) is 3.70 Å². The van der Waals surface area contributed by atoms with Gasteiger partial charge in [0.15, 0.2) is 0 Å². The SMILES string of the molecule is O=C(NS(=O)(=O)C1CC1)c1ccc2c(I)[nH]nc2c1. The molecule has 0 unspecified atom stereocenters. The lowest BCUT2D eigenvalue weighted by Crippen LogP contribution is -2.33. The standard InChI is InChI=1S/C11H10IN3O3S/c12-10-8-4-1-6(5-9(8)13-14-10)11(16)15-19(17,18)7-2-3-7/h1,4-5,7H,2-3H2,(H,13,14)(H,15,16). The van der Waals surface area contributed by atoms with Gasteiger partial charge in [-0.3, -0.25) is 9.89 Å². The Morgan fingerprint density at radius 1 is 1.42 bits per heavy atom. The third kappa shape index (κ3) is 2.46. The van der Waals surface area contributed by atoms with Crippen molar-refractivity contribution in [3.8, 4) is 0 Å². The molecule has 0 aliphatic heterocycles. The summed E-state index contributed by atoms with van der Waals surface area (Å²) in [5, 5.41) is 7.34. The Morgan fingerprint density at radius 2 is 2.16 bits per heavy atom. The predicted octanol–water partition coefficient (Wildman–Crippen LogP) is 1.39. The molecule has 2 N–H and O–H groups in total. The third-order valence-corrected chi connectivity index (χ3v) is 5.61. The number of H-pyrrole nitrogens is 1. The van der Waals surface area contributed by atoms with E-state index in [1.807, 2.05) is 0 Å². The minimum absolute atomic E-state index is 0.291. The molecule has 1 saturated carbocycles. The number of aromatic amines is 1. The minimum Gasteiger partial charge on any atom is -0.271 e. The molecule has 6 nitrogen and oxygen atoms in total. The number of halogens is 1. The van der Waals surface area contributed by atoms with Gasteiger partial charge in [-0.1, -0.05) is 0 Å². The summed E-state index contributed by atoms with van der Waals surface area (Å²) >= 11 is 2.11. The first-order chi connectivity index (χ1) is 8.97. The first-order valence-corrected chi connectivity index (χ1v) is 8.29. The average Bonchev–Trinajstić information content (AvgIpc) is 3.15. The van der Waals surface area contributed by atoms with Crippen LogP contribution in [-0.4, -0.2) is 29.8 Å². The van der Waals surface area contributed by atoms with Crippen LogP contribution in [0.25, 0.3) is 10.9 Å². The number of sulfonamides is 1. The molecule has 1 amide bonds. The summed E-state index contributed by atoms with van der Waals surface area (Å²) in [4.78, 5) is 11.9. The number of rotatable bonds is 3. The van der Waals surface area contributed by atoms with Gasteiger partial charge in [0.05, 0.1) is 10.8 Å². The zero-order valence-corrected chi connectivity index (χ0v) is 12.7. The Bertz CT molecular complexity index is 765. The van der Waals surface area contributed by atoms with Crippen LogP contribution in [0.4, 0.5) is 0 Å². The number of carbonyl (C=O) groups excluding carboxylic acids is 1. The Kier molecular flexibility index (Phi) is 3.01. The minimum atomic E-state index is -3.51.